The van der Waals surface area contributed by atoms with Crippen LogP contribution in [-0.4, -0.2) is 22.4 Å². The minimum atomic E-state index is 0.0733. The van der Waals surface area contributed by atoms with E-state index in [4.69, 9.17) is 11.6 Å². The van der Waals surface area contributed by atoms with Gasteiger partial charge in [0.25, 0.3) is 0 Å². The average Bonchev–Trinajstić information content (AvgIpc) is 2.30. The van der Waals surface area contributed by atoms with E-state index in [1.54, 1.807) is 18.3 Å². The van der Waals surface area contributed by atoms with Crippen LogP contribution in [0.1, 0.15) is 19.3 Å². The minimum absolute atomic E-state index is 0.0733. The number of hydrogen-bond acceptors (Lipinski definition) is 3. The van der Waals surface area contributed by atoms with Crippen LogP contribution in [0.5, 0.6) is 0 Å². The zero-order valence-corrected chi connectivity index (χ0v) is 11.1. The second kappa shape index (κ2) is 6.26. The molecule has 2 rings (SSSR count). The third-order valence-electron chi connectivity index (χ3n) is 2.83. The molecule has 0 aliphatic carbocycles. The van der Waals surface area contributed by atoms with Crippen molar-refractivity contribution in [3.05, 3.63) is 23.5 Å². The first-order valence-electron chi connectivity index (χ1n) is 5.73. The summed E-state index contributed by atoms with van der Waals surface area (Å²) in [4.78, 5) is 15.7. The van der Waals surface area contributed by atoms with Gasteiger partial charge in [-0.05, 0) is 42.4 Å². The number of aromatic nitrogens is 1. The highest BCUT2D eigenvalue weighted by atomic mass is 35.5. The van der Waals surface area contributed by atoms with Crippen LogP contribution < -0.4 is 5.32 Å². The van der Waals surface area contributed by atoms with Gasteiger partial charge in [-0.15, -0.1) is 0 Å². The summed E-state index contributed by atoms with van der Waals surface area (Å²) in [5, 5.41) is 3.26. The Labute approximate surface area is 110 Å². The Morgan fingerprint density at radius 3 is 3.00 bits per heavy atom. The summed E-state index contributed by atoms with van der Waals surface area (Å²) < 4.78 is 0. The summed E-state index contributed by atoms with van der Waals surface area (Å²) in [5.74, 6) is 2.97. The topological polar surface area (TPSA) is 42.0 Å². The van der Waals surface area contributed by atoms with Gasteiger partial charge in [-0.2, -0.15) is 11.8 Å². The maximum Gasteiger partial charge on any atom is 0.224 e. The Morgan fingerprint density at radius 2 is 2.29 bits per heavy atom. The van der Waals surface area contributed by atoms with E-state index in [0.717, 1.165) is 18.5 Å². The first-order chi connectivity index (χ1) is 8.24. The second-order valence-electron chi connectivity index (χ2n) is 4.18. The standard InChI is InChI=1S/C12H15ClN2OS/c13-11-8-10(1-4-14-11)15-12(16)7-9-2-5-17-6-3-9/h1,4,8-9H,2-3,5-7H2,(H,14,15,16). The van der Waals surface area contributed by atoms with Gasteiger partial charge in [0.05, 0.1) is 0 Å². The number of thioether (sulfide) groups is 1. The van der Waals surface area contributed by atoms with Gasteiger partial charge in [-0.1, -0.05) is 11.6 Å². The fraction of sp³-hybridized carbons (Fsp3) is 0.500. The Hall–Kier alpha value is -0.740. The zero-order chi connectivity index (χ0) is 12.1. The molecule has 92 valence electrons. The number of rotatable bonds is 3. The molecule has 5 heteroatoms. The fourth-order valence-electron chi connectivity index (χ4n) is 1.90. The van der Waals surface area contributed by atoms with E-state index in [1.807, 2.05) is 11.8 Å². The van der Waals surface area contributed by atoms with Gasteiger partial charge in [-0.25, -0.2) is 4.98 Å². The van der Waals surface area contributed by atoms with Crippen molar-refractivity contribution in [2.75, 3.05) is 16.8 Å². The lowest BCUT2D eigenvalue weighted by molar-refractivity contribution is -0.117. The number of carbonyl (C=O) groups is 1. The lowest BCUT2D eigenvalue weighted by Gasteiger charge is -2.20. The number of amides is 1. The quantitative estimate of drug-likeness (QED) is 0.858. The van der Waals surface area contributed by atoms with Crippen LogP contribution in [0, 0.1) is 5.92 Å². The number of anilines is 1. The Bertz CT molecular complexity index is 394. The monoisotopic (exact) mass is 270 g/mol. The van der Waals surface area contributed by atoms with Crippen molar-refractivity contribution in [3.63, 3.8) is 0 Å². The molecular formula is C12H15ClN2OS. The molecule has 0 radical (unpaired) electrons. The first kappa shape index (κ1) is 12.7. The maximum atomic E-state index is 11.8. The van der Waals surface area contributed by atoms with Crippen LogP contribution in [0.15, 0.2) is 18.3 Å². The van der Waals surface area contributed by atoms with Gasteiger partial charge < -0.3 is 5.32 Å². The summed E-state index contributed by atoms with van der Waals surface area (Å²) >= 11 is 7.73. The number of nitrogens with zero attached hydrogens (tertiary/aromatic N) is 1. The van der Waals surface area contributed by atoms with Crippen molar-refractivity contribution in [1.82, 2.24) is 4.98 Å². The molecule has 17 heavy (non-hydrogen) atoms. The van der Waals surface area contributed by atoms with Crippen molar-refractivity contribution in [2.45, 2.75) is 19.3 Å². The maximum absolute atomic E-state index is 11.8. The van der Waals surface area contributed by atoms with Gasteiger partial charge in [0.15, 0.2) is 0 Å². The van der Waals surface area contributed by atoms with Crippen molar-refractivity contribution >= 4 is 35.0 Å². The number of halogens is 1. The van der Waals surface area contributed by atoms with Gasteiger partial charge >= 0.3 is 0 Å². The molecule has 1 N–H and O–H groups in total. The normalized spacial score (nSPS) is 16.8. The average molecular weight is 271 g/mol. The van der Waals surface area contributed by atoms with Crippen molar-refractivity contribution < 1.29 is 4.79 Å². The van der Waals surface area contributed by atoms with Gasteiger partial charge in [0.1, 0.15) is 5.15 Å². The predicted octanol–water partition coefficient (Wildman–Crippen LogP) is 3.21. The molecular weight excluding hydrogens is 256 g/mol. The predicted molar refractivity (Wildman–Crippen MR) is 72.5 cm³/mol. The molecule has 1 saturated heterocycles. The smallest absolute Gasteiger partial charge is 0.224 e. The summed E-state index contributed by atoms with van der Waals surface area (Å²) in [6, 6.07) is 3.41. The largest absolute Gasteiger partial charge is 0.326 e. The SMILES string of the molecule is O=C(CC1CCSCC1)Nc1ccnc(Cl)c1. The van der Waals surface area contributed by atoms with Crippen LogP contribution in [0.2, 0.25) is 5.15 Å². The summed E-state index contributed by atoms with van der Waals surface area (Å²) in [6.07, 6.45) is 4.50. The van der Waals surface area contributed by atoms with Crippen LogP contribution in [0.3, 0.4) is 0 Å². The highest BCUT2D eigenvalue weighted by Crippen LogP contribution is 2.25. The van der Waals surface area contributed by atoms with E-state index in [-0.39, 0.29) is 5.91 Å². The van der Waals surface area contributed by atoms with E-state index in [0.29, 0.717) is 17.5 Å². The molecule has 3 nitrogen and oxygen atoms in total. The fourth-order valence-corrected chi connectivity index (χ4v) is 3.28. The molecule has 0 bridgehead atoms. The van der Waals surface area contributed by atoms with Crippen molar-refractivity contribution in [1.29, 1.82) is 0 Å². The molecule has 2 heterocycles. The van der Waals surface area contributed by atoms with Crippen molar-refractivity contribution in [2.24, 2.45) is 5.92 Å². The molecule has 0 spiro atoms. The molecule has 1 aliphatic rings. The molecule has 1 aromatic rings. The Kier molecular flexibility index (Phi) is 4.68. The van der Waals surface area contributed by atoms with E-state index in [1.165, 1.54) is 11.5 Å². The second-order valence-corrected chi connectivity index (χ2v) is 5.79. The van der Waals surface area contributed by atoms with Gasteiger partial charge in [-0.3, -0.25) is 4.79 Å². The van der Waals surface area contributed by atoms with Gasteiger partial charge in [0, 0.05) is 18.3 Å². The minimum Gasteiger partial charge on any atom is -0.326 e. The van der Waals surface area contributed by atoms with Crippen LogP contribution >= 0.6 is 23.4 Å². The highest BCUT2D eigenvalue weighted by Gasteiger charge is 2.17. The molecule has 0 saturated carbocycles. The first-order valence-corrected chi connectivity index (χ1v) is 7.26. The van der Waals surface area contributed by atoms with E-state index in [9.17, 15) is 4.79 Å². The zero-order valence-electron chi connectivity index (χ0n) is 9.49. The molecule has 0 atom stereocenters. The molecule has 1 amide bonds. The van der Waals surface area contributed by atoms with E-state index in [2.05, 4.69) is 10.3 Å². The van der Waals surface area contributed by atoms with Gasteiger partial charge in [0.2, 0.25) is 5.91 Å². The number of pyridine rings is 1. The third-order valence-corrected chi connectivity index (χ3v) is 4.08. The summed E-state index contributed by atoms with van der Waals surface area (Å²) in [7, 11) is 0. The summed E-state index contributed by atoms with van der Waals surface area (Å²) in [5.41, 5.74) is 0.722. The van der Waals surface area contributed by atoms with Crippen molar-refractivity contribution in [3.8, 4) is 0 Å². The Balaban J connectivity index is 1.84. The number of hydrogen-bond donors (Lipinski definition) is 1. The van der Waals surface area contributed by atoms with Crippen LogP contribution in [0.4, 0.5) is 5.69 Å². The van der Waals surface area contributed by atoms with Crippen LogP contribution in [0.25, 0.3) is 0 Å². The molecule has 1 aliphatic heterocycles. The van der Waals surface area contributed by atoms with Crippen LogP contribution in [-0.2, 0) is 4.79 Å². The molecule has 0 aromatic carbocycles. The third kappa shape index (κ3) is 4.21. The lowest BCUT2D eigenvalue weighted by atomic mass is 9.98. The Morgan fingerprint density at radius 1 is 1.53 bits per heavy atom. The highest BCUT2D eigenvalue weighted by molar-refractivity contribution is 7.99. The molecule has 1 fully saturated rings. The van der Waals surface area contributed by atoms with E-state index >= 15 is 0 Å². The number of carbonyl (C=O) groups excluding carboxylic acids is 1. The molecule has 1 aromatic heterocycles. The summed E-state index contributed by atoms with van der Waals surface area (Å²) in [6.45, 7) is 0. The number of nitrogens with one attached hydrogen (secondary N) is 1. The lowest BCUT2D eigenvalue weighted by Crippen LogP contribution is -2.19. The van der Waals surface area contributed by atoms with E-state index < -0.39 is 0 Å². The molecule has 0 unspecified atom stereocenters.